The molecule has 0 atom stereocenters. The van der Waals surface area contributed by atoms with Gasteiger partial charge in [-0.1, -0.05) is 25.0 Å². The summed E-state index contributed by atoms with van der Waals surface area (Å²) in [6.45, 7) is 4.34. The summed E-state index contributed by atoms with van der Waals surface area (Å²) in [5, 5.41) is 3.01. The Morgan fingerprint density at radius 3 is 2.53 bits per heavy atom. The minimum absolute atomic E-state index is 0. The van der Waals surface area contributed by atoms with Crippen LogP contribution in [0.5, 0.6) is 0 Å². The minimum atomic E-state index is 0. The maximum Gasteiger partial charge on any atom is 0.194 e. The highest BCUT2D eigenvalue weighted by atomic mass is 127. The molecule has 0 saturated carbocycles. The molecule has 0 spiro atoms. The normalized spacial score (nSPS) is 9.88. The van der Waals surface area contributed by atoms with Crippen molar-refractivity contribution in [2.24, 2.45) is 10.7 Å². The van der Waals surface area contributed by atoms with Crippen LogP contribution in [0.2, 0.25) is 0 Å². The van der Waals surface area contributed by atoms with Crippen LogP contribution in [-0.4, -0.2) is 12.5 Å². The van der Waals surface area contributed by atoms with E-state index >= 15 is 0 Å². The molecule has 1 rings (SSSR count). The molecule has 0 aliphatic carbocycles. The van der Waals surface area contributed by atoms with Crippen molar-refractivity contribution in [2.45, 2.75) is 20.3 Å². The van der Waals surface area contributed by atoms with Crippen LogP contribution in [0.15, 0.2) is 29.3 Å². The van der Waals surface area contributed by atoms with Crippen molar-refractivity contribution in [3.05, 3.63) is 29.8 Å². The number of nitrogens with zero attached hydrogens (tertiary/aromatic N) is 1. The molecule has 0 aliphatic rings. The van der Waals surface area contributed by atoms with Crippen LogP contribution in [-0.2, 0) is 6.42 Å². The van der Waals surface area contributed by atoms with E-state index in [2.05, 4.69) is 41.2 Å². The van der Waals surface area contributed by atoms with Crippen LogP contribution < -0.4 is 11.1 Å². The average molecular weight is 343 g/mol. The summed E-state index contributed by atoms with van der Waals surface area (Å²) < 4.78 is 0. The van der Waals surface area contributed by atoms with Gasteiger partial charge in [-0.05, 0) is 31.0 Å². The summed E-state index contributed by atoms with van der Waals surface area (Å²) >= 11 is 0. The molecule has 0 aliphatic heterocycles. The highest BCUT2D eigenvalue weighted by Gasteiger charge is 1.94. The lowest BCUT2D eigenvalue weighted by Crippen LogP contribution is -2.22. The highest BCUT2D eigenvalue weighted by Crippen LogP contribution is 2.09. The Bertz CT molecular complexity index is 413. The van der Waals surface area contributed by atoms with E-state index in [4.69, 9.17) is 5.73 Å². The molecule has 1 aromatic carbocycles. The number of halogens is 1. The number of hydrogen-bond donors (Lipinski definition) is 2. The lowest BCUT2D eigenvalue weighted by atomic mass is 10.1. The van der Waals surface area contributed by atoms with Crippen molar-refractivity contribution in [1.29, 1.82) is 0 Å². The first-order valence-electron chi connectivity index (χ1n) is 5.31. The Balaban J connectivity index is 0.00000256. The molecule has 1 aromatic rings. The van der Waals surface area contributed by atoms with E-state index in [-0.39, 0.29) is 24.0 Å². The fourth-order valence-electron chi connectivity index (χ4n) is 1.21. The van der Waals surface area contributed by atoms with E-state index < -0.39 is 0 Å². The van der Waals surface area contributed by atoms with Gasteiger partial charge in [0.25, 0.3) is 0 Å². The molecule has 3 nitrogen and oxygen atoms in total. The minimum Gasteiger partial charge on any atom is -0.370 e. The van der Waals surface area contributed by atoms with Gasteiger partial charge < -0.3 is 11.1 Å². The SMILES string of the molecule is CC#CCN=C(N)Nc1ccc(CC)cc1.I. The van der Waals surface area contributed by atoms with Gasteiger partial charge in [-0.15, -0.1) is 29.9 Å². The largest absolute Gasteiger partial charge is 0.370 e. The third kappa shape index (κ3) is 6.17. The predicted molar refractivity (Wildman–Crippen MR) is 84.8 cm³/mol. The Kier molecular flexibility index (Phi) is 8.24. The molecular weight excluding hydrogens is 325 g/mol. The number of aliphatic imine (C=N–C) groups is 1. The number of hydrogen-bond acceptors (Lipinski definition) is 1. The van der Waals surface area contributed by atoms with E-state index in [1.807, 2.05) is 12.1 Å². The fraction of sp³-hybridized carbons (Fsp3) is 0.308. The van der Waals surface area contributed by atoms with E-state index in [1.54, 1.807) is 6.92 Å². The molecule has 17 heavy (non-hydrogen) atoms. The topological polar surface area (TPSA) is 50.4 Å². The molecule has 0 bridgehead atoms. The van der Waals surface area contributed by atoms with Crippen LogP contribution >= 0.6 is 24.0 Å². The zero-order valence-corrected chi connectivity index (χ0v) is 12.5. The second-order valence-electron chi connectivity index (χ2n) is 3.30. The van der Waals surface area contributed by atoms with Gasteiger partial charge in [0.15, 0.2) is 5.96 Å². The standard InChI is InChI=1S/C13H17N3.HI/c1-3-5-10-15-13(14)16-12-8-6-11(4-2)7-9-12;/h6-9H,4,10H2,1-2H3,(H3,14,15,16);1H. The van der Waals surface area contributed by atoms with Crippen molar-refractivity contribution in [3.63, 3.8) is 0 Å². The van der Waals surface area contributed by atoms with Crippen LogP contribution in [0.3, 0.4) is 0 Å². The van der Waals surface area contributed by atoms with Gasteiger partial charge >= 0.3 is 0 Å². The first-order valence-corrected chi connectivity index (χ1v) is 5.31. The zero-order chi connectivity index (χ0) is 11.8. The van der Waals surface area contributed by atoms with Crippen molar-refractivity contribution >= 4 is 35.6 Å². The van der Waals surface area contributed by atoms with Gasteiger partial charge in [0.1, 0.15) is 6.54 Å². The molecule has 0 radical (unpaired) electrons. The molecule has 0 amide bonds. The van der Waals surface area contributed by atoms with Gasteiger partial charge in [0, 0.05) is 5.69 Å². The summed E-state index contributed by atoms with van der Waals surface area (Å²) in [7, 11) is 0. The van der Waals surface area contributed by atoms with Crippen LogP contribution in [0.4, 0.5) is 5.69 Å². The van der Waals surface area contributed by atoms with Gasteiger partial charge in [0.2, 0.25) is 0 Å². The Labute approximate surface area is 120 Å². The molecular formula is C13H18IN3. The fourth-order valence-corrected chi connectivity index (χ4v) is 1.21. The first kappa shape index (κ1) is 15.8. The first-order chi connectivity index (χ1) is 7.76. The van der Waals surface area contributed by atoms with Gasteiger partial charge in [-0.3, -0.25) is 0 Å². The molecule has 0 aromatic heterocycles. The van der Waals surface area contributed by atoms with E-state index in [1.165, 1.54) is 5.56 Å². The van der Waals surface area contributed by atoms with Crippen LogP contribution in [0.1, 0.15) is 19.4 Å². The number of anilines is 1. The average Bonchev–Trinajstić information content (AvgIpc) is 2.30. The molecule has 0 unspecified atom stereocenters. The highest BCUT2D eigenvalue weighted by molar-refractivity contribution is 14.0. The van der Waals surface area contributed by atoms with Crippen molar-refractivity contribution in [1.82, 2.24) is 0 Å². The number of benzene rings is 1. The van der Waals surface area contributed by atoms with Gasteiger partial charge in [-0.25, -0.2) is 4.99 Å². The second-order valence-corrected chi connectivity index (χ2v) is 3.30. The quantitative estimate of drug-likeness (QED) is 0.384. The van der Waals surface area contributed by atoms with E-state index in [9.17, 15) is 0 Å². The zero-order valence-electron chi connectivity index (χ0n) is 10.2. The molecule has 3 N–H and O–H groups in total. The second kappa shape index (κ2) is 8.88. The van der Waals surface area contributed by atoms with E-state index in [0.717, 1.165) is 12.1 Å². The third-order valence-corrected chi connectivity index (χ3v) is 2.14. The summed E-state index contributed by atoms with van der Waals surface area (Å²) in [5.74, 6) is 5.98. The van der Waals surface area contributed by atoms with Gasteiger partial charge in [-0.2, -0.15) is 0 Å². The third-order valence-electron chi connectivity index (χ3n) is 2.14. The lowest BCUT2D eigenvalue weighted by molar-refractivity contribution is 1.14. The molecule has 4 heteroatoms. The van der Waals surface area contributed by atoms with Gasteiger partial charge in [0.05, 0.1) is 0 Å². The maximum atomic E-state index is 5.69. The molecule has 0 fully saturated rings. The summed E-state index contributed by atoms with van der Waals surface area (Å²) in [4.78, 5) is 4.06. The number of guanidine groups is 1. The number of aryl methyl sites for hydroxylation is 1. The number of nitrogens with two attached hydrogens (primary N) is 1. The molecule has 92 valence electrons. The van der Waals surface area contributed by atoms with Crippen molar-refractivity contribution in [3.8, 4) is 11.8 Å². The monoisotopic (exact) mass is 343 g/mol. The number of rotatable bonds is 3. The summed E-state index contributed by atoms with van der Waals surface area (Å²) in [5.41, 5.74) is 7.94. The van der Waals surface area contributed by atoms with Crippen LogP contribution in [0, 0.1) is 11.8 Å². The lowest BCUT2D eigenvalue weighted by Gasteiger charge is -2.05. The van der Waals surface area contributed by atoms with Crippen molar-refractivity contribution in [2.75, 3.05) is 11.9 Å². The van der Waals surface area contributed by atoms with Crippen molar-refractivity contribution < 1.29 is 0 Å². The van der Waals surface area contributed by atoms with Crippen LogP contribution in [0.25, 0.3) is 0 Å². The summed E-state index contributed by atoms with van der Waals surface area (Å²) in [6.07, 6.45) is 1.04. The molecule has 0 heterocycles. The Morgan fingerprint density at radius 2 is 2.00 bits per heavy atom. The predicted octanol–water partition coefficient (Wildman–Crippen LogP) is 2.62. The summed E-state index contributed by atoms with van der Waals surface area (Å²) in [6, 6.07) is 8.13. The Morgan fingerprint density at radius 1 is 1.35 bits per heavy atom. The Hall–Kier alpha value is -1.22. The number of nitrogens with one attached hydrogen (secondary N) is 1. The van der Waals surface area contributed by atoms with E-state index in [0.29, 0.717) is 12.5 Å². The smallest absolute Gasteiger partial charge is 0.194 e. The molecule has 0 saturated heterocycles. The maximum absolute atomic E-state index is 5.69.